The van der Waals surface area contributed by atoms with Gasteiger partial charge in [-0.1, -0.05) is 214 Å². The monoisotopic (exact) mass is 1460 g/mol. The Kier molecular flexibility index (Phi) is 20.6. The van der Waals surface area contributed by atoms with Crippen LogP contribution in [0.2, 0.25) is 0 Å². The summed E-state index contributed by atoms with van der Waals surface area (Å²) in [6, 6.07) is 63.2. The molecule has 4 aromatic heterocycles. The van der Waals surface area contributed by atoms with Crippen LogP contribution in [-0.4, -0.2) is 11.6 Å². The molecular formula is C94H80F2N4O2S4. The summed E-state index contributed by atoms with van der Waals surface area (Å²) < 4.78 is 34.3. The Labute approximate surface area is 636 Å². The molecule has 0 spiro atoms. The van der Waals surface area contributed by atoms with Crippen LogP contribution in [0.15, 0.2) is 180 Å². The van der Waals surface area contributed by atoms with E-state index in [4.69, 9.17) is 0 Å². The molecule has 4 aliphatic rings. The van der Waals surface area contributed by atoms with Crippen molar-refractivity contribution in [3.8, 4) is 45.2 Å². The molecule has 4 heterocycles. The predicted molar refractivity (Wildman–Crippen MR) is 433 cm³/mol. The maximum Gasteiger partial charge on any atom is 0.194 e. The lowest BCUT2D eigenvalue weighted by Crippen LogP contribution is -2.30. The lowest BCUT2D eigenvalue weighted by Gasteiger charge is -2.36. The maximum atomic E-state index is 15.1. The van der Waals surface area contributed by atoms with Crippen molar-refractivity contribution in [2.24, 2.45) is 0 Å². The van der Waals surface area contributed by atoms with Gasteiger partial charge in [0.2, 0.25) is 0 Å². The molecule has 0 saturated carbocycles. The zero-order valence-electron chi connectivity index (χ0n) is 60.3. The quantitative estimate of drug-likeness (QED) is 0.0302. The van der Waals surface area contributed by atoms with Crippen LogP contribution in [0, 0.1) is 57.0 Å². The van der Waals surface area contributed by atoms with E-state index in [2.05, 4.69) is 149 Å². The van der Waals surface area contributed by atoms with E-state index < -0.39 is 34.0 Å². The number of rotatable bonds is 26. The largest absolute Gasteiger partial charge is 0.289 e. The number of nitriles is 4. The molecule has 12 heteroatoms. The Bertz CT molecular complexity index is 5150. The molecule has 0 saturated heterocycles. The van der Waals surface area contributed by atoms with E-state index in [-0.39, 0.29) is 44.6 Å². The summed E-state index contributed by atoms with van der Waals surface area (Å²) >= 11 is 6.71. The third kappa shape index (κ3) is 12.4. The van der Waals surface area contributed by atoms with E-state index in [1.807, 2.05) is 24.3 Å². The van der Waals surface area contributed by atoms with Gasteiger partial charge in [0.1, 0.15) is 47.1 Å². The van der Waals surface area contributed by atoms with Crippen LogP contribution >= 0.6 is 45.3 Å². The molecule has 15 rings (SSSR count). The molecular weight excluding hydrogens is 1380 g/mol. The van der Waals surface area contributed by atoms with E-state index in [9.17, 15) is 30.6 Å². The molecule has 0 radical (unpaired) electrons. The Morgan fingerprint density at radius 1 is 0.368 bits per heavy atom. The number of Topliss-reactive ketones (excluding diaryl/α,β-unsaturated/α-hetero) is 2. The van der Waals surface area contributed by atoms with Crippen molar-refractivity contribution >= 4 is 99.0 Å². The van der Waals surface area contributed by atoms with Gasteiger partial charge < -0.3 is 0 Å². The molecule has 0 aliphatic heterocycles. The number of nitrogens with zero attached hydrogens (tertiary/aromatic N) is 4. The summed E-state index contributed by atoms with van der Waals surface area (Å²) in [5, 5.41) is 41.7. The van der Waals surface area contributed by atoms with Gasteiger partial charge in [-0.15, -0.1) is 45.3 Å². The highest BCUT2D eigenvalue weighted by molar-refractivity contribution is 7.31. The van der Waals surface area contributed by atoms with Gasteiger partial charge in [0.05, 0.1) is 20.2 Å². The minimum Gasteiger partial charge on any atom is -0.289 e. The highest BCUT2D eigenvalue weighted by atomic mass is 32.1. The van der Waals surface area contributed by atoms with Crippen molar-refractivity contribution in [3.05, 3.63) is 290 Å². The van der Waals surface area contributed by atoms with Gasteiger partial charge in [-0.05, 0) is 190 Å². The Morgan fingerprint density at radius 2 is 0.679 bits per heavy atom. The summed E-state index contributed by atoms with van der Waals surface area (Å²) in [6.07, 6.45) is 25.9. The van der Waals surface area contributed by atoms with Crippen LogP contribution in [0.3, 0.4) is 0 Å². The fraction of sp³-hybridized carbons (Fsp3) is 0.277. The van der Waals surface area contributed by atoms with Crippen LogP contribution in [0.5, 0.6) is 0 Å². The number of thiophene rings is 4. The number of fused-ring (bicyclic) bond motifs is 12. The predicted octanol–water partition coefficient (Wildman–Crippen LogP) is 25.9. The van der Waals surface area contributed by atoms with Crippen LogP contribution in [-0.2, 0) is 36.5 Å². The summed E-state index contributed by atoms with van der Waals surface area (Å²) in [4.78, 5) is 33.1. The van der Waals surface area contributed by atoms with Gasteiger partial charge in [-0.25, -0.2) is 8.78 Å². The molecule has 4 aliphatic carbocycles. The number of halogens is 2. The summed E-state index contributed by atoms with van der Waals surface area (Å²) in [7, 11) is 0. The third-order valence-corrected chi connectivity index (χ3v) is 27.1. The van der Waals surface area contributed by atoms with Crippen LogP contribution in [0.25, 0.3) is 63.0 Å². The van der Waals surface area contributed by atoms with Crippen molar-refractivity contribution in [1.29, 1.82) is 21.0 Å². The van der Waals surface area contributed by atoms with Crippen LogP contribution in [0.1, 0.15) is 239 Å². The zero-order valence-corrected chi connectivity index (χ0v) is 63.6. The van der Waals surface area contributed by atoms with Crippen LogP contribution < -0.4 is 0 Å². The van der Waals surface area contributed by atoms with Gasteiger partial charge in [-0.3, -0.25) is 9.59 Å². The molecule has 0 unspecified atom stereocenters. The number of hydrogen-bond acceptors (Lipinski definition) is 10. The standard InChI is InChI=1S/C94H80F2N4O2S4/c1-5-9-13-17-21-57-25-33-63(34-26-57)93(64-35-27-58(28-36-64)22-18-14-10-6-2)79-51-76-80(52-75(79)89-85(93)91-81(105-89)49-69(103-91)47-77-83(61(53-97)54-98)71-43-41-67(95)45-73(71)87(77)101)94(65-37-29-59(30-38-65)23-19-15-11-7-3,66-39-31-60(32-40-66)24-20-16-12-8-4)86-90(76)106-82-50-70(104-92(82)86)48-78-84(62(55-99)56-100)72-44-42-68(96)46-74(72)88(78)102/h25-52H,5-24H2,1-4H3. The highest BCUT2D eigenvalue weighted by Gasteiger charge is 2.55. The van der Waals surface area contributed by atoms with Crippen molar-refractivity contribution < 1.29 is 18.4 Å². The summed E-state index contributed by atoms with van der Waals surface area (Å²) in [6.45, 7) is 8.99. The van der Waals surface area contributed by atoms with Crippen molar-refractivity contribution in [2.75, 3.05) is 0 Å². The normalized spacial score (nSPS) is 14.8. The second-order valence-corrected chi connectivity index (χ2v) is 33.1. The minimum atomic E-state index is -0.908. The van der Waals surface area contributed by atoms with Gasteiger partial charge in [0, 0.05) is 73.5 Å². The number of unbranched alkanes of at least 4 members (excludes halogenated alkanes) is 12. The van der Waals surface area contributed by atoms with E-state index >= 15 is 8.78 Å². The van der Waals surface area contributed by atoms with Gasteiger partial charge >= 0.3 is 0 Å². The van der Waals surface area contributed by atoms with E-state index in [1.165, 1.54) is 84.3 Å². The number of benzene rings is 7. The zero-order chi connectivity index (χ0) is 73.4. The Balaban J connectivity index is 1.01. The number of allylic oxidation sites excluding steroid dienone is 6. The molecule has 0 fully saturated rings. The first-order valence-corrected chi connectivity index (χ1v) is 41.0. The molecule has 526 valence electrons. The Hall–Kier alpha value is -10.0. The fourth-order valence-electron chi connectivity index (χ4n) is 17.1. The number of ketones is 2. The first-order chi connectivity index (χ1) is 51.8. The van der Waals surface area contributed by atoms with E-state index in [1.54, 1.807) is 57.5 Å². The highest BCUT2D eigenvalue weighted by Crippen LogP contribution is 2.68. The van der Waals surface area contributed by atoms with Gasteiger partial charge in [0.15, 0.2) is 11.6 Å². The second kappa shape index (κ2) is 30.5. The summed E-state index contributed by atoms with van der Waals surface area (Å²) in [5.41, 5.74) is 16.1. The smallest absolute Gasteiger partial charge is 0.194 e. The van der Waals surface area contributed by atoms with E-state index in [0.29, 0.717) is 11.1 Å². The molecule has 0 amide bonds. The first-order valence-electron chi connectivity index (χ1n) is 37.8. The fourth-order valence-corrected chi connectivity index (χ4v) is 22.6. The van der Waals surface area contributed by atoms with E-state index in [0.717, 1.165) is 197 Å². The average molecular weight is 1460 g/mol. The maximum absolute atomic E-state index is 15.1. The van der Waals surface area contributed by atoms with Crippen molar-refractivity contribution in [1.82, 2.24) is 0 Å². The van der Waals surface area contributed by atoms with Gasteiger partial charge in [0.25, 0.3) is 0 Å². The van der Waals surface area contributed by atoms with Crippen molar-refractivity contribution in [3.63, 3.8) is 0 Å². The summed E-state index contributed by atoms with van der Waals surface area (Å²) in [5.74, 6) is -2.03. The number of carbonyl (C=O) groups excluding carboxylic acids is 2. The number of aryl methyl sites for hydroxylation is 4. The molecule has 0 bridgehead atoms. The first kappa shape index (κ1) is 71.6. The molecule has 6 nitrogen and oxygen atoms in total. The SMILES string of the molecule is CCCCCCc1ccc(C2(c3ccc(CCCCCC)cc3)c3cc4c(cc3-c3sc5cc(C=C6C(=O)c7cc(F)ccc7C6=C(C#N)C#N)sc5c32)C(c2ccc(CCCCCC)cc2)(c2ccc(CCCCCC)cc2)c2c-4sc3cc(C=C4C(=O)c5cc(F)ccc5C4=C(C#N)C#N)sc23)cc1. The third-order valence-electron chi connectivity index (χ3n) is 22.3. The van der Waals surface area contributed by atoms with Crippen LogP contribution in [0.4, 0.5) is 8.78 Å². The molecule has 11 aromatic rings. The molecule has 0 N–H and O–H groups in total. The lowest BCUT2D eigenvalue weighted by molar-refractivity contribution is 0.103. The molecule has 106 heavy (non-hydrogen) atoms. The second-order valence-electron chi connectivity index (χ2n) is 28.9. The number of carbonyl (C=O) groups is 2. The van der Waals surface area contributed by atoms with Gasteiger partial charge in [-0.2, -0.15) is 21.0 Å². The number of hydrogen-bond donors (Lipinski definition) is 0. The molecule has 0 atom stereocenters. The average Bonchev–Trinajstić information content (AvgIpc) is 1.49. The topological polar surface area (TPSA) is 129 Å². The molecule has 7 aromatic carbocycles. The lowest BCUT2D eigenvalue weighted by atomic mass is 9.65. The minimum absolute atomic E-state index is 0.122. The van der Waals surface area contributed by atoms with Crippen molar-refractivity contribution in [2.45, 2.75) is 167 Å². The Morgan fingerprint density at radius 3 is 0.972 bits per heavy atom.